The van der Waals surface area contributed by atoms with Gasteiger partial charge in [-0.15, -0.1) is 0 Å². The molecule has 0 fully saturated rings. The van der Waals surface area contributed by atoms with Crippen molar-refractivity contribution in [3.05, 3.63) is 66.0 Å². The van der Waals surface area contributed by atoms with Crippen molar-refractivity contribution in [1.82, 2.24) is 14.7 Å². The molecule has 2 N–H and O–H groups in total. The molecule has 0 radical (unpaired) electrons. The third-order valence-electron chi connectivity index (χ3n) is 4.04. The van der Waals surface area contributed by atoms with Gasteiger partial charge in [-0.3, -0.25) is 0 Å². The average molecular weight is 398 g/mol. The number of hydrogen-bond donors (Lipinski definition) is 2. The molecule has 0 saturated carbocycles. The minimum absolute atomic E-state index is 0.226. The van der Waals surface area contributed by atoms with Crippen LogP contribution in [0.25, 0.3) is 11.3 Å². The summed E-state index contributed by atoms with van der Waals surface area (Å²) in [5.74, 6) is 1.37. The standard InChI is InChI=1S/C20H22N4O3S/c1-14-7-8-19(27-2)17(9-14)18-11-20(22-13-21-18)24-16-6-4-5-15(10-16)12-23-28(3,25)26/h4-11,13,23H,12H2,1-3H3,(H,21,22,24). The van der Waals surface area contributed by atoms with Gasteiger partial charge in [-0.25, -0.2) is 23.1 Å². The normalized spacial score (nSPS) is 11.2. The highest BCUT2D eigenvalue weighted by molar-refractivity contribution is 7.88. The predicted octanol–water partition coefficient (Wildman–Crippen LogP) is 3.25. The number of benzene rings is 2. The number of aromatic nitrogens is 2. The number of ether oxygens (including phenoxy) is 1. The third kappa shape index (κ3) is 5.28. The maximum Gasteiger partial charge on any atom is 0.209 e. The fourth-order valence-corrected chi connectivity index (χ4v) is 3.15. The summed E-state index contributed by atoms with van der Waals surface area (Å²) in [7, 11) is -1.61. The lowest BCUT2D eigenvalue weighted by molar-refractivity contribution is 0.416. The van der Waals surface area contributed by atoms with Gasteiger partial charge in [-0.05, 0) is 36.8 Å². The molecule has 1 heterocycles. The first kappa shape index (κ1) is 19.8. The minimum Gasteiger partial charge on any atom is -0.496 e. The third-order valence-corrected chi connectivity index (χ3v) is 4.70. The van der Waals surface area contributed by atoms with E-state index in [1.807, 2.05) is 55.5 Å². The molecular formula is C20H22N4O3S. The first-order valence-corrected chi connectivity index (χ1v) is 10.5. The van der Waals surface area contributed by atoms with E-state index in [1.165, 1.54) is 6.33 Å². The predicted molar refractivity (Wildman–Crippen MR) is 110 cm³/mol. The van der Waals surface area contributed by atoms with Crippen molar-refractivity contribution in [2.45, 2.75) is 13.5 Å². The summed E-state index contributed by atoms with van der Waals surface area (Å²) in [5.41, 5.74) is 4.38. The number of rotatable bonds is 7. The van der Waals surface area contributed by atoms with Crippen molar-refractivity contribution >= 4 is 21.5 Å². The van der Waals surface area contributed by atoms with Crippen molar-refractivity contribution in [2.24, 2.45) is 0 Å². The van der Waals surface area contributed by atoms with E-state index in [0.29, 0.717) is 5.82 Å². The van der Waals surface area contributed by atoms with Crippen molar-refractivity contribution in [3.8, 4) is 17.0 Å². The molecule has 8 heteroatoms. The van der Waals surface area contributed by atoms with Gasteiger partial charge in [0.1, 0.15) is 17.9 Å². The number of methoxy groups -OCH3 is 1. The zero-order valence-electron chi connectivity index (χ0n) is 15.9. The van der Waals surface area contributed by atoms with Gasteiger partial charge < -0.3 is 10.1 Å². The molecule has 2 aromatic carbocycles. The lowest BCUT2D eigenvalue weighted by atomic mass is 10.1. The Balaban J connectivity index is 1.83. The maximum absolute atomic E-state index is 11.3. The van der Waals surface area contributed by atoms with Crippen LogP contribution in [0.1, 0.15) is 11.1 Å². The summed E-state index contributed by atoms with van der Waals surface area (Å²) in [4.78, 5) is 8.65. The SMILES string of the molecule is COc1ccc(C)cc1-c1cc(Nc2cccc(CNS(C)(=O)=O)c2)ncn1. The topological polar surface area (TPSA) is 93.2 Å². The number of anilines is 2. The van der Waals surface area contributed by atoms with Crippen LogP contribution in [0.3, 0.4) is 0 Å². The summed E-state index contributed by atoms with van der Waals surface area (Å²) in [5, 5.41) is 3.23. The molecule has 28 heavy (non-hydrogen) atoms. The highest BCUT2D eigenvalue weighted by atomic mass is 32.2. The molecule has 0 aliphatic carbocycles. The van der Waals surface area contributed by atoms with Crippen LogP contribution in [-0.4, -0.2) is 31.8 Å². The molecule has 0 aliphatic heterocycles. The van der Waals surface area contributed by atoms with Crippen LogP contribution < -0.4 is 14.8 Å². The van der Waals surface area contributed by atoms with E-state index < -0.39 is 10.0 Å². The van der Waals surface area contributed by atoms with E-state index in [0.717, 1.165) is 40.1 Å². The Morgan fingerprint density at radius 2 is 1.89 bits per heavy atom. The van der Waals surface area contributed by atoms with Crippen molar-refractivity contribution in [2.75, 3.05) is 18.7 Å². The molecule has 0 atom stereocenters. The Bertz CT molecular complexity index is 1080. The Labute approximate surface area is 164 Å². The molecule has 7 nitrogen and oxygen atoms in total. The first-order valence-electron chi connectivity index (χ1n) is 8.62. The van der Waals surface area contributed by atoms with E-state index in [9.17, 15) is 8.42 Å². The monoisotopic (exact) mass is 398 g/mol. The summed E-state index contributed by atoms with van der Waals surface area (Å²) in [6.07, 6.45) is 2.63. The lowest BCUT2D eigenvalue weighted by Gasteiger charge is -2.11. The average Bonchev–Trinajstić information content (AvgIpc) is 2.66. The van der Waals surface area contributed by atoms with Gasteiger partial charge in [-0.2, -0.15) is 0 Å². The van der Waals surface area contributed by atoms with Gasteiger partial charge >= 0.3 is 0 Å². The second kappa shape index (κ2) is 8.37. The minimum atomic E-state index is -3.24. The summed E-state index contributed by atoms with van der Waals surface area (Å²) in [6, 6.07) is 15.2. The number of sulfonamides is 1. The van der Waals surface area contributed by atoms with E-state index in [2.05, 4.69) is 20.0 Å². The van der Waals surface area contributed by atoms with Gasteiger partial charge in [0.25, 0.3) is 0 Å². The van der Waals surface area contributed by atoms with Crippen LogP contribution in [0.4, 0.5) is 11.5 Å². The van der Waals surface area contributed by atoms with Crippen LogP contribution in [0.15, 0.2) is 54.9 Å². The van der Waals surface area contributed by atoms with Gasteiger partial charge in [0.2, 0.25) is 10.0 Å². The van der Waals surface area contributed by atoms with Gasteiger partial charge in [0.05, 0.1) is 19.1 Å². The fraction of sp³-hybridized carbons (Fsp3) is 0.200. The highest BCUT2D eigenvalue weighted by Crippen LogP contribution is 2.30. The Hall–Kier alpha value is -2.97. The van der Waals surface area contributed by atoms with Crippen LogP contribution in [0.5, 0.6) is 5.75 Å². The summed E-state index contributed by atoms with van der Waals surface area (Å²) in [6.45, 7) is 2.24. The Kier molecular flexibility index (Phi) is 5.91. The van der Waals surface area contributed by atoms with Gasteiger partial charge in [0, 0.05) is 23.9 Å². The molecular weight excluding hydrogens is 376 g/mol. The molecule has 3 aromatic rings. The smallest absolute Gasteiger partial charge is 0.209 e. The zero-order chi connectivity index (χ0) is 20.1. The molecule has 146 valence electrons. The van der Waals surface area contributed by atoms with Gasteiger partial charge in [0.15, 0.2) is 0 Å². The van der Waals surface area contributed by atoms with E-state index in [-0.39, 0.29) is 6.54 Å². The molecule has 0 bridgehead atoms. The molecule has 0 unspecified atom stereocenters. The zero-order valence-corrected chi connectivity index (χ0v) is 16.7. The summed E-state index contributed by atoms with van der Waals surface area (Å²) >= 11 is 0. The number of nitrogens with one attached hydrogen (secondary N) is 2. The first-order chi connectivity index (χ1) is 13.3. The van der Waals surface area contributed by atoms with E-state index in [4.69, 9.17) is 4.74 Å². The molecule has 3 rings (SSSR count). The molecule has 0 aliphatic rings. The van der Waals surface area contributed by atoms with Crippen LogP contribution >= 0.6 is 0 Å². The molecule has 1 aromatic heterocycles. The highest BCUT2D eigenvalue weighted by Gasteiger charge is 2.09. The number of nitrogens with zero attached hydrogens (tertiary/aromatic N) is 2. The van der Waals surface area contributed by atoms with E-state index >= 15 is 0 Å². The Morgan fingerprint density at radius 1 is 1.07 bits per heavy atom. The quantitative estimate of drug-likeness (QED) is 0.635. The molecule has 0 amide bonds. The van der Waals surface area contributed by atoms with Crippen LogP contribution in [0.2, 0.25) is 0 Å². The lowest BCUT2D eigenvalue weighted by Crippen LogP contribution is -2.21. The van der Waals surface area contributed by atoms with Crippen LogP contribution in [-0.2, 0) is 16.6 Å². The van der Waals surface area contributed by atoms with Crippen LogP contribution in [0, 0.1) is 6.92 Å². The number of hydrogen-bond acceptors (Lipinski definition) is 6. The second-order valence-corrected chi connectivity index (χ2v) is 8.24. The van der Waals surface area contributed by atoms with Crippen molar-refractivity contribution in [3.63, 3.8) is 0 Å². The fourth-order valence-electron chi connectivity index (χ4n) is 2.72. The second-order valence-electron chi connectivity index (χ2n) is 6.41. The van der Waals surface area contributed by atoms with E-state index in [1.54, 1.807) is 7.11 Å². The van der Waals surface area contributed by atoms with Crippen molar-refractivity contribution < 1.29 is 13.2 Å². The maximum atomic E-state index is 11.3. The van der Waals surface area contributed by atoms with Gasteiger partial charge in [-0.1, -0.05) is 23.8 Å². The van der Waals surface area contributed by atoms with Crippen molar-refractivity contribution in [1.29, 1.82) is 0 Å². The molecule has 0 spiro atoms. The molecule has 0 saturated heterocycles. The Morgan fingerprint density at radius 3 is 2.64 bits per heavy atom. The number of aryl methyl sites for hydroxylation is 1. The largest absolute Gasteiger partial charge is 0.496 e. The summed E-state index contributed by atoms with van der Waals surface area (Å²) < 4.78 is 30.5.